The van der Waals surface area contributed by atoms with E-state index in [4.69, 9.17) is 9.47 Å². The second-order valence-corrected chi connectivity index (χ2v) is 5.85. The first-order valence-corrected chi connectivity index (χ1v) is 7.84. The lowest BCUT2D eigenvalue weighted by molar-refractivity contribution is -0.123. The number of esters is 1. The van der Waals surface area contributed by atoms with E-state index in [0.717, 1.165) is 4.47 Å². The highest BCUT2D eigenvalue weighted by Crippen LogP contribution is 2.24. The Kier molecular flexibility index (Phi) is 5.81. The number of ether oxygens (including phenoxy) is 2. The van der Waals surface area contributed by atoms with Gasteiger partial charge in [0.25, 0.3) is 5.91 Å². The van der Waals surface area contributed by atoms with Gasteiger partial charge in [0.1, 0.15) is 17.1 Å². The molecular weight excluding hydrogens is 378 g/mol. The number of anilines is 1. The van der Waals surface area contributed by atoms with Crippen LogP contribution < -0.4 is 10.1 Å². The molecule has 0 fully saturated rings. The predicted octanol–water partition coefficient (Wildman–Crippen LogP) is 3.35. The van der Waals surface area contributed by atoms with Crippen LogP contribution in [0.2, 0.25) is 0 Å². The summed E-state index contributed by atoms with van der Waals surface area (Å²) in [5.74, 6) is -1.15. The van der Waals surface area contributed by atoms with Gasteiger partial charge in [0.15, 0.2) is 6.10 Å². The third kappa shape index (κ3) is 4.48. The number of benzene rings is 2. The lowest BCUT2D eigenvalue weighted by Gasteiger charge is -2.14. The molecule has 6 nitrogen and oxygen atoms in total. The van der Waals surface area contributed by atoms with E-state index in [9.17, 15) is 14.7 Å². The van der Waals surface area contributed by atoms with Gasteiger partial charge in [0.05, 0.1) is 7.11 Å². The highest BCUT2D eigenvalue weighted by atomic mass is 79.9. The van der Waals surface area contributed by atoms with Crippen LogP contribution in [-0.4, -0.2) is 30.2 Å². The lowest BCUT2D eigenvalue weighted by Crippen LogP contribution is -2.30. The number of halogens is 1. The van der Waals surface area contributed by atoms with Crippen molar-refractivity contribution in [1.29, 1.82) is 0 Å². The average molecular weight is 394 g/mol. The number of amides is 1. The average Bonchev–Trinajstić information content (AvgIpc) is 2.54. The van der Waals surface area contributed by atoms with Gasteiger partial charge in [-0.15, -0.1) is 0 Å². The fraction of sp³-hybridized carbons (Fsp3) is 0.176. The maximum atomic E-state index is 12.1. The van der Waals surface area contributed by atoms with Gasteiger partial charge in [-0.1, -0.05) is 22.0 Å². The van der Waals surface area contributed by atoms with Crippen LogP contribution >= 0.6 is 15.9 Å². The van der Waals surface area contributed by atoms with Gasteiger partial charge in [0, 0.05) is 16.2 Å². The molecule has 24 heavy (non-hydrogen) atoms. The number of methoxy groups -OCH3 is 1. The number of rotatable bonds is 5. The molecule has 2 rings (SSSR count). The Morgan fingerprint density at radius 3 is 2.58 bits per heavy atom. The van der Waals surface area contributed by atoms with Crippen molar-refractivity contribution in [2.45, 2.75) is 13.0 Å². The Hall–Kier alpha value is -2.54. The number of phenols is 1. The molecule has 2 aromatic carbocycles. The smallest absolute Gasteiger partial charge is 0.342 e. The van der Waals surface area contributed by atoms with E-state index in [0.29, 0.717) is 11.4 Å². The molecule has 7 heteroatoms. The minimum absolute atomic E-state index is 0.0436. The maximum absolute atomic E-state index is 12.1. The molecule has 2 N–H and O–H groups in total. The summed E-state index contributed by atoms with van der Waals surface area (Å²) < 4.78 is 10.8. The summed E-state index contributed by atoms with van der Waals surface area (Å²) in [5, 5.41) is 12.5. The molecule has 0 aromatic heterocycles. The van der Waals surface area contributed by atoms with Crippen molar-refractivity contribution in [3.05, 3.63) is 52.5 Å². The lowest BCUT2D eigenvalue weighted by atomic mass is 10.2. The number of phenolic OH excluding ortho intramolecular Hbond substituents is 1. The molecule has 0 heterocycles. The predicted molar refractivity (Wildman–Crippen MR) is 92.3 cm³/mol. The topological polar surface area (TPSA) is 84.9 Å². The number of nitrogens with one attached hydrogen (secondary N) is 1. The van der Waals surface area contributed by atoms with Crippen LogP contribution in [0.25, 0.3) is 0 Å². The summed E-state index contributed by atoms with van der Waals surface area (Å²) in [5.41, 5.74) is 0.530. The largest absolute Gasteiger partial charge is 0.507 e. The zero-order chi connectivity index (χ0) is 17.7. The van der Waals surface area contributed by atoms with Crippen LogP contribution in [0.1, 0.15) is 17.3 Å². The number of hydrogen-bond donors (Lipinski definition) is 2. The molecule has 1 amide bonds. The first kappa shape index (κ1) is 17.8. The monoisotopic (exact) mass is 393 g/mol. The molecule has 0 saturated carbocycles. The first-order valence-electron chi connectivity index (χ1n) is 7.05. The zero-order valence-corrected chi connectivity index (χ0v) is 14.7. The van der Waals surface area contributed by atoms with E-state index in [1.807, 2.05) is 6.07 Å². The van der Waals surface area contributed by atoms with Crippen molar-refractivity contribution in [1.82, 2.24) is 0 Å². The van der Waals surface area contributed by atoms with Crippen LogP contribution in [0, 0.1) is 0 Å². The normalized spacial score (nSPS) is 11.5. The molecule has 0 bridgehead atoms. The zero-order valence-electron chi connectivity index (χ0n) is 13.1. The SMILES string of the molecule is COc1ccc(C(=O)O[C@@H](C)C(=O)Nc2cccc(Br)c2)c(O)c1. The standard InChI is InChI=1S/C17H16BrNO5/c1-10(16(21)19-12-5-3-4-11(18)8-12)24-17(22)14-7-6-13(23-2)9-15(14)20/h3-10,20H,1-2H3,(H,19,21)/t10-/m0/s1. The Morgan fingerprint density at radius 2 is 1.96 bits per heavy atom. The molecule has 0 aliphatic rings. The van der Waals surface area contributed by atoms with Gasteiger partial charge >= 0.3 is 5.97 Å². The van der Waals surface area contributed by atoms with Gasteiger partial charge in [0.2, 0.25) is 0 Å². The van der Waals surface area contributed by atoms with Crippen LogP contribution in [-0.2, 0) is 9.53 Å². The molecule has 2 aromatic rings. The van der Waals surface area contributed by atoms with Crippen molar-refractivity contribution < 1.29 is 24.2 Å². The van der Waals surface area contributed by atoms with Crippen LogP contribution in [0.3, 0.4) is 0 Å². The number of carbonyl (C=O) groups excluding carboxylic acids is 2. The Morgan fingerprint density at radius 1 is 1.21 bits per heavy atom. The Labute approximate surface area is 147 Å². The highest BCUT2D eigenvalue weighted by molar-refractivity contribution is 9.10. The fourth-order valence-corrected chi connectivity index (χ4v) is 2.30. The summed E-state index contributed by atoms with van der Waals surface area (Å²) in [6, 6.07) is 11.2. The second-order valence-electron chi connectivity index (χ2n) is 4.93. The highest BCUT2D eigenvalue weighted by Gasteiger charge is 2.21. The molecule has 0 saturated heterocycles. The molecule has 126 valence electrons. The summed E-state index contributed by atoms with van der Waals surface area (Å²) in [6.07, 6.45) is -1.03. The molecule has 0 unspecified atom stereocenters. The Balaban J connectivity index is 2.01. The summed E-state index contributed by atoms with van der Waals surface area (Å²) in [4.78, 5) is 24.2. The molecule has 0 spiro atoms. The van der Waals surface area contributed by atoms with Gasteiger partial charge in [-0.2, -0.15) is 0 Å². The molecular formula is C17H16BrNO5. The third-order valence-corrected chi connectivity index (χ3v) is 3.66. The molecule has 0 aliphatic heterocycles. The molecule has 0 radical (unpaired) electrons. The second kappa shape index (κ2) is 7.83. The number of carbonyl (C=O) groups is 2. The van der Waals surface area contributed by atoms with Crippen molar-refractivity contribution in [2.24, 2.45) is 0 Å². The van der Waals surface area contributed by atoms with E-state index in [1.54, 1.807) is 18.2 Å². The van der Waals surface area contributed by atoms with E-state index in [2.05, 4.69) is 21.2 Å². The fourth-order valence-electron chi connectivity index (χ4n) is 1.90. The summed E-state index contributed by atoms with van der Waals surface area (Å²) in [7, 11) is 1.45. The molecule has 0 aliphatic carbocycles. The van der Waals surface area contributed by atoms with E-state index in [-0.39, 0.29) is 11.3 Å². The summed E-state index contributed by atoms with van der Waals surface area (Å²) in [6.45, 7) is 1.45. The van der Waals surface area contributed by atoms with E-state index < -0.39 is 18.0 Å². The number of aromatic hydroxyl groups is 1. The minimum Gasteiger partial charge on any atom is -0.507 e. The summed E-state index contributed by atoms with van der Waals surface area (Å²) >= 11 is 3.30. The van der Waals surface area contributed by atoms with E-state index >= 15 is 0 Å². The first-order chi connectivity index (χ1) is 11.4. The maximum Gasteiger partial charge on any atom is 0.342 e. The molecule has 1 atom stereocenters. The van der Waals surface area contributed by atoms with Crippen LogP contribution in [0.5, 0.6) is 11.5 Å². The van der Waals surface area contributed by atoms with Crippen molar-refractivity contribution in [3.8, 4) is 11.5 Å². The van der Waals surface area contributed by atoms with Crippen molar-refractivity contribution in [2.75, 3.05) is 12.4 Å². The van der Waals surface area contributed by atoms with Crippen molar-refractivity contribution in [3.63, 3.8) is 0 Å². The van der Waals surface area contributed by atoms with Gasteiger partial charge in [-0.25, -0.2) is 4.79 Å². The minimum atomic E-state index is -1.03. The van der Waals surface area contributed by atoms with Gasteiger partial charge in [-0.05, 0) is 37.3 Å². The van der Waals surface area contributed by atoms with Crippen LogP contribution in [0.15, 0.2) is 46.9 Å². The van der Waals surface area contributed by atoms with Crippen molar-refractivity contribution >= 4 is 33.5 Å². The van der Waals surface area contributed by atoms with Gasteiger partial charge in [-0.3, -0.25) is 4.79 Å². The van der Waals surface area contributed by atoms with Crippen LogP contribution in [0.4, 0.5) is 5.69 Å². The quantitative estimate of drug-likeness (QED) is 0.760. The Bertz CT molecular complexity index is 762. The van der Waals surface area contributed by atoms with Gasteiger partial charge < -0.3 is 19.9 Å². The van der Waals surface area contributed by atoms with E-state index in [1.165, 1.54) is 32.2 Å². The third-order valence-electron chi connectivity index (χ3n) is 3.17. The number of hydrogen-bond acceptors (Lipinski definition) is 5.